The molecule has 0 saturated heterocycles. The van der Waals surface area contributed by atoms with Crippen LogP contribution >= 0.6 is 35.2 Å². The Labute approximate surface area is 159 Å². The van der Waals surface area contributed by atoms with Crippen molar-refractivity contribution < 1.29 is 0 Å². The second kappa shape index (κ2) is 7.07. The molecular weight excluding hydrogens is 376 g/mol. The standard InChI is InChI=1S/C16H17ClN6S2/c1-16(2,3)13-21-22-15(24)23(13)18-9-11-12(17)20-14(25-11)19-10-7-5-4-6-8-10/h4-9H,1-3H3,(H,19,20)(H,22,24)/b18-9+. The predicted octanol–water partition coefficient (Wildman–Crippen LogP) is 4.97. The molecular formula is C16H17ClN6S2. The molecule has 0 fully saturated rings. The number of thiazole rings is 1. The number of nitrogens with zero attached hydrogens (tertiary/aromatic N) is 4. The normalized spacial score (nSPS) is 12.0. The molecule has 0 aliphatic heterocycles. The zero-order chi connectivity index (χ0) is 18.0. The molecule has 0 atom stereocenters. The molecule has 0 aliphatic rings. The van der Waals surface area contributed by atoms with Gasteiger partial charge in [-0.1, -0.05) is 61.9 Å². The molecule has 0 radical (unpaired) electrons. The molecule has 2 aromatic heterocycles. The molecule has 0 spiro atoms. The van der Waals surface area contributed by atoms with Gasteiger partial charge in [0.1, 0.15) is 0 Å². The van der Waals surface area contributed by atoms with Crippen LogP contribution in [0.1, 0.15) is 31.5 Å². The molecule has 3 rings (SSSR count). The maximum Gasteiger partial charge on any atom is 0.216 e. The molecule has 130 valence electrons. The van der Waals surface area contributed by atoms with E-state index in [0.29, 0.717) is 15.1 Å². The van der Waals surface area contributed by atoms with E-state index in [4.69, 9.17) is 23.8 Å². The van der Waals surface area contributed by atoms with Crippen molar-refractivity contribution in [3.8, 4) is 0 Å². The second-order valence-electron chi connectivity index (χ2n) is 6.32. The van der Waals surface area contributed by atoms with Gasteiger partial charge in [-0.05, 0) is 24.4 Å². The van der Waals surface area contributed by atoms with Crippen LogP contribution in [0.4, 0.5) is 10.8 Å². The summed E-state index contributed by atoms with van der Waals surface area (Å²) in [5.74, 6) is 0.747. The number of hydrogen-bond donors (Lipinski definition) is 2. The van der Waals surface area contributed by atoms with Crippen LogP contribution in [0.5, 0.6) is 0 Å². The number of para-hydroxylation sites is 1. The minimum Gasteiger partial charge on any atom is -0.331 e. The van der Waals surface area contributed by atoms with Crippen molar-refractivity contribution >= 4 is 52.2 Å². The average Bonchev–Trinajstić information content (AvgIpc) is 3.08. The Kier molecular flexibility index (Phi) is 5.03. The minimum atomic E-state index is -0.192. The van der Waals surface area contributed by atoms with E-state index in [9.17, 15) is 0 Å². The first-order chi connectivity index (χ1) is 11.8. The quantitative estimate of drug-likeness (QED) is 0.485. The topological polar surface area (TPSA) is 70.9 Å². The summed E-state index contributed by atoms with van der Waals surface area (Å²) in [6.07, 6.45) is 1.65. The lowest BCUT2D eigenvalue weighted by molar-refractivity contribution is 0.516. The first-order valence-electron chi connectivity index (χ1n) is 7.55. The SMILES string of the molecule is CC(C)(C)c1n[nH]c(=S)n1/N=C/c1sc(Nc2ccccc2)nc1Cl. The number of halogens is 1. The van der Waals surface area contributed by atoms with Crippen molar-refractivity contribution in [2.75, 3.05) is 5.32 Å². The van der Waals surface area contributed by atoms with Crippen molar-refractivity contribution in [2.24, 2.45) is 5.10 Å². The lowest BCUT2D eigenvalue weighted by atomic mass is 9.96. The molecule has 1 aromatic carbocycles. The highest BCUT2D eigenvalue weighted by Gasteiger charge is 2.21. The van der Waals surface area contributed by atoms with Gasteiger partial charge in [-0.15, -0.1) is 0 Å². The van der Waals surface area contributed by atoms with Gasteiger partial charge in [-0.2, -0.15) is 14.9 Å². The zero-order valence-electron chi connectivity index (χ0n) is 13.9. The van der Waals surface area contributed by atoms with E-state index < -0.39 is 0 Å². The van der Waals surface area contributed by atoms with Gasteiger partial charge in [0.05, 0.1) is 11.1 Å². The number of aromatic nitrogens is 4. The van der Waals surface area contributed by atoms with Gasteiger partial charge in [0.25, 0.3) is 0 Å². The first-order valence-corrected chi connectivity index (χ1v) is 9.15. The Morgan fingerprint density at radius 2 is 2.04 bits per heavy atom. The van der Waals surface area contributed by atoms with Crippen LogP contribution in [-0.4, -0.2) is 26.1 Å². The summed E-state index contributed by atoms with van der Waals surface area (Å²) < 4.78 is 2.04. The molecule has 0 aliphatic carbocycles. The highest BCUT2D eigenvalue weighted by atomic mass is 35.5. The van der Waals surface area contributed by atoms with Gasteiger partial charge in [-0.25, -0.2) is 4.98 Å². The second-order valence-corrected chi connectivity index (χ2v) is 8.10. The van der Waals surface area contributed by atoms with E-state index in [1.165, 1.54) is 11.3 Å². The summed E-state index contributed by atoms with van der Waals surface area (Å²) in [6.45, 7) is 6.14. The number of anilines is 2. The van der Waals surface area contributed by atoms with E-state index >= 15 is 0 Å². The van der Waals surface area contributed by atoms with Crippen molar-refractivity contribution in [3.05, 3.63) is 51.0 Å². The van der Waals surface area contributed by atoms with E-state index in [1.807, 2.05) is 51.1 Å². The van der Waals surface area contributed by atoms with Gasteiger partial charge >= 0.3 is 0 Å². The number of nitrogens with one attached hydrogen (secondary N) is 2. The molecule has 0 unspecified atom stereocenters. The Hall–Kier alpha value is -2.03. The summed E-state index contributed by atoms with van der Waals surface area (Å²) >= 11 is 12.9. The maximum absolute atomic E-state index is 6.23. The minimum absolute atomic E-state index is 0.192. The number of hydrogen-bond acceptors (Lipinski definition) is 6. The molecule has 6 nitrogen and oxygen atoms in total. The predicted molar refractivity (Wildman–Crippen MR) is 106 cm³/mol. The number of aromatic amines is 1. The summed E-state index contributed by atoms with van der Waals surface area (Å²) in [4.78, 5) is 5.06. The average molecular weight is 393 g/mol. The highest BCUT2D eigenvalue weighted by molar-refractivity contribution is 7.71. The van der Waals surface area contributed by atoms with E-state index in [2.05, 4.69) is 25.6 Å². The Bertz CT molecular complexity index is 949. The van der Waals surface area contributed by atoms with Crippen LogP contribution in [0.15, 0.2) is 35.4 Å². The van der Waals surface area contributed by atoms with Gasteiger partial charge in [0.15, 0.2) is 16.1 Å². The van der Waals surface area contributed by atoms with Gasteiger partial charge in [-0.3, -0.25) is 5.10 Å². The van der Waals surface area contributed by atoms with Crippen LogP contribution in [0, 0.1) is 4.77 Å². The smallest absolute Gasteiger partial charge is 0.216 e. The molecule has 3 aromatic rings. The molecule has 9 heteroatoms. The Morgan fingerprint density at radius 3 is 2.72 bits per heavy atom. The largest absolute Gasteiger partial charge is 0.331 e. The molecule has 0 amide bonds. The van der Waals surface area contributed by atoms with E-state index in [1.54, 1.807) is 10.9 Å². The Morgan fingerprint density at radius 1 is 1.32 bits per heavy atom. The zero-order valence-corrected chi connectivity index (χ0v) is 16.3. The van der Waals surface area contributed by atoms with E-state index in [-0.39, 0.29) is 5.41 Å². The molecule has 0 saturated carbocycles. The van der Waals surface area contributed by atoms with Crippen LogP contribution in [0.2, 0.25) is 5.15 Å². The fourth-order valence-corrected chi connectivity index (χ4v) is 3.31. The number of benzene rings is 1. The van der Waals surface area contributed by atoms with Gasteiger partial charge in [0.2, 0.25) is 4.77 Å². The fourth-order valence-electron chi connectivity index (χ4n) is 2.09. The summed E-state index contributed by atoms with van der Waals surface area (Å²) in [7, 11) is 0. The number of H-pyrrole nitrogens is 1. The van der Waals surface area contributed by atoms with Crippen LogP contribution in [0.25, 0.3) is 0 Å². The summed E-state index contributed by atoms with van der Waals surface area (Å²) in [6, 6.07) is 9.79. The molecule has 25 heavy (non-hydrogen) atoms. The van der Waals surface area contributed by atoms with Crippen LogP contribution in [0.3, 0.4) is 0 Å². The van der Waals surface area contributed by atoms with Gasteiger partial charge < -0.3 is 5.32 Å². The van der Waals surface area contributed by atoms with Crippen molar-refractivity contribution in [3.63, 3.8) is 0 Å². The fraction of sp³-hybridized carbons (Fsp3) is 0.250. The summed E-state index contributed by atoms with van der Waals surface area (Å²) in [5, 5.41) is 15.8. The number of rotatable bonds is 4. The van der Waals surface area contributed by atoms with Gasteiger partial charge in [0, 0.05) is 11.1 Å². The van der Waals surface area contributed by atoms with E-state index in [0.717, 1.165) is 16.4 Å². The third-order valence-corrected chi connectivity index (χ3v) is 4.82. The highest BCUT2D eigenvalue weighted by Crippen LogP contribution is 2.28. The molecule has 0 bridgehead atoms. The maximum atomic E-state index is 6.23. The van der Waals surface area contributed by atoms with Crippen molar-refractivity contribution in [1.29, 1.82) is 0 Å². The lowest BCUT2D eigenvalue weighted by Gasteiger charge is -2.15. The van der Waals surface area contributed by atoms with Crippen molar-refractivity contribution in [1.82, 2.24) is 19.9 Å². The summed E-state index contributed by atoms with van der Waals surface area (Å²) in [5.41, 5.74) is 0.756. The molecule has 2 heterocycles. The van der Waals surface area contributed by atoms with Crippen LogP contribution < -0.4 is 5.32 Å². The van der Waals surface area contributed by atoms with Crippen molar-refractivity contribution in [2.45, 2.75) is 26.2 Å². The third-order valence-electron chi connectivity index (χ3n) is 3.25. The molecule has 2 N–H and O–H groups in total. The van der Waals surface area contributed by atoms with Crippen LogP contribution in [-0.2, 0) is 5.41 Å². The lowest BCUT2D eigenvalue weighted by Crippen LogP contribution is -2.17. The first kappa shape index (κ1) is 17.8. The Balaban J connectivity index is 1.86. The monoisotopic (exact) mass is 392 g/mol. The third kappa shape index (κ3) is 4.15.